The Morgan fingerprint density at radius 2 is 2.05 bits per heavy atom. The molecule has 0 aromatic carbocycles. The van der Waals surface area contributed by atoms with Crippen molar-refractivity contribution in [1.29, 1.82) is 0 Å². The van der Waals surface area contributed by atoms with Crippen molar-refractivity contribution in [3.63, 3.8) is 0 Å². The molecule has 0 spiro atoms. The molecule has 1 unspecified atom stereocenters. The minimum Gasteiger partial charge on any atom is -0.321 e. The maximum Gasteiger partial charge on any atom is 0.260 e. The molecular weight excluding hydrogens is 276 g/mol. The highest BCUT2D eigenvalue weighted by Crippen LogP contribution is 2.27. The maximum atomic E-state index is 12.4. The molecule has 112 valence electrons. The van der Waals surface area contributed by atoms with Crippen LogP contribution >= 0.6 is 0 Å². The fourth-order valence-corrected chi connectivity index (χ4v) is 4.16. The van der Waals surface area contributed by atoms with E-state index in [9.17, 15) is 8.42 Å². The van der Waals surface area contributed by atoms with Crippen molar-refractivity contribution in [3.8, 4) is 0 Å². The zero-order chi connectivity index (χ0) is 14.6. The summed E-state index contributed by atoms with van der Waals surface area (Å²) in [6.07, 6.45) is 7.20. The van der Waals surface area contributed by atoms with Crippen LogP contribution in [0.1, 0.15) is 39.0 Å². The van der Waals surface area contributed by atoms with Crippen LogP contribution in [-0.4, -0.2) is 19.4 Å². The number of pyridine rings is 1. The molecule has 4 N–H and O–H groups in total. The lowest BCUT2D eigenvalue weighted by Crippen LogP contribution is -2.39. The lowest BCUT2D eigenvalue weighted by atomic mass is 9.85. The van der Waals surface area contributed by atoms with Crippen molar-refractivity contribution < 1.29 is 8.42 Å². The molecule has 0 saturated heterocycles. The van der Waals surface area contributed by atoms with Crippen molar-refractivity contribution in [1.82, 2.24) is 9.71 Å². The Kier molecular flexibility index (Phi) is 4.95. The maximum absolute atomic E-state index is 12.4. The summed E-state index contributed by atoms with van der Waals surface area (Å²) in [5, 5.41) is -0.0508. The van der Waals surface area contributed by atoms with Gasteiger partial charge in [0.2, 0.25) is 0 Å². The summed E-state index contributed by atoms with van der Waals surface area (Å²) in [5.41, 5.74) is 2.67. The fraction of sp³-hybridized carbons (Fsp3) is 0.615. The van der Waals surface area contributed by atoms with Gasteiger partial charge in [-0.05, 0) is 37.8 Å². The van der Waals surface area contributed by atoms with Crippen molar-refractivity contribution in [3.05, 3.63) is 18.3 Å². The van der Waals surface area contributed by atoms with Gasteiger partial charge in [-0.25, -0.2) is 18.1 Å². The van der Waals surface area contributed by atoms with Crippen molar-refractivity contribution in [2.24, 2.45) is 11.8 Å². The summed E-state index contributed by atoms with van der Waals surface area (Å²) >= 11 is 0. The Morgan fingerprint density at radius 3 is 2.70 bits per heavy atom. The summed E-state index contributed by atoms with van der Waals surface area (Å²) in [4.78, 5) is 3.93. The van der Waals surface area contributed by atoms with E-state index in [1.807, 2.05) is 6.92 Å². The molecule has 1 aliphatic rings. The van der Waals surface area contributed by atoms with Crippen LogP contribution in [0.5, 0.6) is 0 Å². The van der Waals surface area contributed by atoms with Crippen molar-refractivity contribution in [2.75, 3.05) is 5.43 Å². The first kappa shape index (κ1) is 15.2. The zero-order valence-electron chi connectivity index (χ0n) is 11.7. The normalized spacial score (nSPS) is 18.7. The smallest absolute Gasteiger partial charge is 0.260 e. The second-order valence-electron chi connectivity index (χ2n) is 5.31. The third-order valence-electron chi connectivity index (χ3n) is 3.88. The lowest BCUT2D eigenvalue weighted by molar-refractivity contribution is 0.303. The van der Waals surface area contributed by atoms with Gasteiger partial charge in [-0.3, -0.25) is 5.84 Å². The van der Waals surface area contributed by atoms with Gasteiger partial charge in [0.15, 0.2) is 5.03 Å². The van der Waals surface area contributed by atoms with Gasteiger partial charge in [-0.1, -0.05) is 19.3 Å². The van der Waals surface area contributed by atoms with Crippen molar-refractivity contribution in [2.45, 2.75) is 50.1 Å². The Labute approximate surface area is 120 Å². The van der Waals surface area contributed by atoms with Gasteiger partial charge in [-0.2, -0.15) is 0 Å². The van der Waals surface area contributed by atoms with E-state index in [2.05, 4.69) is 15.1 Å². The quantitative estimate of drug-likeness (QED) is 0.567. The number of sulfonamides is 1. The number of nitrogens with two attached hydrogens (primary N) is 1. The van der Waals surface area contributed by atoms with E-state index in [0.717, 1.165) is 12.8 Å². The van der Waals surface area contributed by atoms with E-state index in [0.29, 0.717) is 11.6 Å². The number of hydrazine groups is 1. The van der Waals surface area contributed by atoms with Gasteiger partial charge in [0.05, 0.1) is 5.69 Å². The third kappa shape index (κ3) is 3.47. The molecule has 1 aromatic rings. The molecule has 0 aliphatic heterocycles. The summed E-state index contributed by atoms with van der Waals surface area (Å²) in [5.74, 6) is 5.74. The van der Waals surface area contributed by atoms with E-state index in [1.165, 1.54) is 25.5 Å². The molecule has 6 nitrogen and oxygen atoms in total. The molecule has 1 aliphatic carbocycles. The molecule has 0 radical (unpaired) electrons. The molecule has 1 heterocycles. The predicted octanol–water partition coefficient (Wildman–Crippen LogP) is 1.61. The first-order chi connectivity index (χ1) is 9.54. The molecule has 7 heteroatoms. The highest BCUT2D eigenvalue weighted by Gasteiger charge is 2.27. The summed E-state index contributed by atoms with van der Waals surface area (Å²) in [7, 11) is -3.66. The number of hydrogen-bond donors (Lipinski definition) is 3. The van der Waals surface area contributed by atoms with Gasteiger partial charge in [-0.15, -0.1) is 0 Å². The molecular formula is C13H22N4O2S. The van der Waals surface area contributed by atoms with E-state index < -0.39 is 10.0 Å². The number of hydrogen-bond acceptors (Lipinski definition) is 5. The van der Waals surface area contributed by atoms with Gasteiger partial charge in [0.25, 0.3) is 10.0 Å². The summed E-state index contributed by atoms with van der Waals surface area (Å²) in [6.45, 7) is 1.92. The standard InChI is InChI=1S/C13H22N4O2S/c1-10(11-6-3-2-4-7-11)17-20(18,19)13-12(16-14)8-5-9-15-13/h5,8-11,16-17H,2-4,6-7,14H2,1H3. The van der Waals surface area contributed by atoms with Gasteiger partial charge in [0.1, 0.15) is 0 Å². The number of nitrogens with zero attached hydrogens (tertiary/aromatic N) is 1. The Balaban J connectivity index is 2.14. The monoisotopic (exact) mass is 298 g/mol. The van der Waals surface area contributed by atoms with Gasteiger partial charge < -0.3 is 5.43 Å². The average Bonchev–Trinajstić information content (AvgIpc) is 2.47. The van der Waals surface area contributed by atoms with Crippen LogP contribution in [-0.2, 0) is 10.0 Å². The first-order valence-electron chi connectivity index (χ1n) is 6.98. The number of nitrogen functional groups attached to an aromatic ring is 1. The third-order valence-corrected chi connectivity index (χ3v) is 5.40. The minimum absolute atomic E-state index is 0.0508. The van der Waals surface area contributed by atoms with E-state index in [4.69, 9.17) is 5.84 Å². The number of aromatic nitrogens is 1. The molecule has 0 bridgehead atoms. The van der Waals surface area contributed by atoms with E-state index in [1.54, 1.807) is 12.1 Å². The van der Waals surface area contributed by atoms with E-state index >= 15 is 0 Å². The number of nitrogens with one attached hydrogen (secondary N) is 2. The highest BCUT2D eigenvalue weighted by molar-refractivity contribution is 7.89. The lowest BCUT2D eigenvalue weighted by Gasteiger charge is -2.28. The second kappa shape index (κ2) is 6.51. The molecule has 1 atom stereocenters. The van der Waals surface area contributed by atoms with E-state index in [-0.39, 0.29) is 11.1 Å². The van der Waals surface area contributed by atoms with Gasteiger partial charge >= 0.3 is 0 Å². The fourth-order valence-electron chi connectivity index (χ4n) is 2.75. The van der Waals surface area contributed by atoms with Crippen LogP contribution in [0.25, 0.3) is 0 Å². The molecule has 1 saturated carbocycles. The Morgan fingerprint density at radius 1 is 1.35 bits per heavy atom. The zero-order valence-corrected chi connectivity index (χ0v) is 12.5. The van der Waals surface area contributed by atoms with Crippen molar-refractivity contribution >= 4 is 15.7 Å². The number of anilines is 1. The summed E-state index contributed by atoms with van der Waals surface area (Å²) < 4.78 is 27.5. The molecule has 20 heavy (non-hydrogen) atoms. The van der Waals surface area contributed by atoms with Crippen LogP contribution in [0, 0.1) is 5.92 Å². The Bertz CT molecular complexity index is 541. The largest absolute Gasteiger partial charge is 0.321 e. The molecule has 1 fully saturated rings. The van der Waals surface area contributed by atoms with Crippen LogP contribution < -0.4 is 16.0 Å². The summed E-state index contributed by atoms with van der Waals surface area (Å²) in [6, 6.07) is 3.14. The highest BCUT2D eigenvalue weighted by atomic mass is 32.2. The Hall–Kier alpha value is -1.18. The average molecular weight is 298 g/mol. The number of rotatable bonds is 5. The minimum atomic E-state index is -3.66. The molecule has 0 amide bonds. The topological polar surface area (TPSA) is 97.1 Å². The van der Waals surface area contributed by atoms with Crippen LogP contribution in [0.3, 0.4) is 0 Å². The molecule has 2 rings (SSSR count). The SMILES string of the molecule is CC(NS(=O)(=O)c1ncccc1NN)C1CCCCC1. The van der Waals surface area contributed by atoms with Crippen LogP contribution in [0.15, 0.2) is 23.4 Å². The van der Waals surface area contributed by atoms with Gasteiger partial charge in [0, 0.05) is 12.2 Å². The molecule has 1 aromatic heterocycles. The first-order valence-corrected chi connectivity index (χ1v) is 8.47. The second-order valence-corrected chi connectivity index (χ2v) is 6.94. The predicted molar refractivity (Wildman–Crippen MR) is 78.4 cm³/mol. The van der Waals surface area contributed by atoms with Crippen LogP contribution in [0.4, 0.5) is 5.69 Å². The van der Waals surface area contributed by atoms with Crippen LogP contribution in [0.2, 0.25) is 0 Å².